The van der Waals surface area contributed by atoms with Crippen molar-refractivity contribution in [1.82, 2.24) is 20.0 Å². The molecule has 3 amide bonds. The highest BCUT2D eigenvalue weighted by Crippen LogP contribution is 2.36. The number of ether oxygens (including phenoxy) is 1. The average molecular weight is 752 g/mol. The fourth-order valence-corrected chi connectivity index (χ4v) is 9.72. The zero-order valence-corrected chi connectivity index (χ0v) is 33.3. The van der Waals surface area contributed by atoms with E-state index in [4.69, 9.17) is 13.6 Å². The number of rotatable bonds is 14. The van der Waals surface area contributed by atoms with Gasteiger partial charge in [0, 0.05) is 69.2 Å². The molecule has 17 heteroatoms. The van der Waals surface area contributed by atoms with Gasteiger partial charge in [-0.15, -0.1) is 0 Å². The number of thioether (sulfide) groups is 1. The van der Waals surface area contributed by atoms with Gasteiger partial charge in [0.25, 0.3) is 5.69 Å². The number of likely N-dealkylation sites (tertiary alicyclic amines) is 1. The van der Waals surface area contributed by atoms with Crippen molar-refractivity contribution < 1.29 is 37.7 Å². The van der Waals surface area contributed by atoms with Crippen LogP contribution in [0.5, 0.6) is 0 Å². The number of β-lactam (4-membered cyclic amide) rings is 1. The van der Waals surface area contributed by atoms with Crippen molar-refractivity contribution in [3.05, 3.63) is 39.9 Å². The molecule has 14 nitrogen and oxygen atoms in total. The van der Waals surface area contributed by atoms with Gasteiger partial charge >= 0.3 is 6.09 Å². The summed E-state index contributed by atoms with van der Waals surface area (Å²) in [5, 5.41) is 13.4. The molecule has 0 radical (unpaired) electrons. The third kappa shape index (κ3) is 10.8. The number of nitro groups is 1. The van der Waals surface area contributed by atoms with Crippen LogP contribution in [0.15, 0.2) is 24.3 Å². The molecule has 0 spiro atoms. The van der Waals surface area contributed by atoms with Gasteiger partial charge in [-0.1, -0.05) is 18.7 Å². The Balaban J connectivity index is 1.40. The number of nitrogens with zero attached hydrogens (tertiary/aromatic N) is 4. The number of amides is 3. The monoisotopic (exact) mass is 751 g/mol. The zero-order valence-electron chi connectivity index (χ0n) is 30.5. The van der Waals surface area contributed by atoms with Crippen LogP contribution in [-0.4, -0.2) is 129 Å². The molecule has 0 saturated carbocycles. The van der Waals surface area contributed by atoms with Crippen molar-refractivity contribution in [2.75, 3.05) is 45.9 Å². The third-order valence-electron chi connectivity index (χ3n) is 9.16. The molecule has 1 aromatic carbocycles. The number of nitrogens with one attached hydrogen (secondary N) is 1. The zero-order chi connectivity index (χ0) is 37.0. The summed E-state index contributed by atoms with van der Waals surface area (Å²) >= 11 is 1.11. The summed E-state index contributed by atoms with van der Waals surface area (Å²) in [6.07, 6.45) is -0.714. The van der Waals surface area contributed by atoms with Crippen LogP contribution in [0.1, 0.15) is 25.8 Å². The topological polar surface area (TPSA) is 161 Å². The SMILES string of the molecule is C[C@@H](O[Si](C)(C)C)[C@H]1C(=O)N[C@@H]1[C@@H](C)C(=O)S[C@H]1C[C@@H](C(=O)N2CCN(CCO[Si](C)(C)C)CC2)N(C(=O)OCc2ccc([N+](=O)[O-])cc2)C1. The molecular formula is C33H53N5O9SSi2. The summed E-state index contributed by atoms with van der Waals surface area (Å²) < 4.78 is 17.8. The highest BCUT2D eigenvalue weighted by molar-refractivity contribution is 8.14. The van der Waals surface area contributed by atoms with E-state index in [1.54, 1.807) is 11.8 Å². The van der Waals surface area contributed by atoms with Gasteiger partial charge < -0.3 is 23.8 Å². The second-order valence-corrected chi connectivity index (χ2v) is 25.6. The molecule has 4 rings (SSSR count). The quantitative estimate of drug-likeness (QED) is 0.127. The lowest BCUT2D eigenvalue weighted by atomic mass is 9.79. The maximum Gasteiger partial charge on any atom is 0.410 e. The van der Waals surface area contributed by atoms with Crippen LogP contribution in [0.25, 0.3) is 0 Å². The standard InChI is InChI=1S/C33H53N5O9SSi2/c1-22(29-28(30(39)34-29)23(2)47-50(6,7)8)32(41)48-26-19-27(31(40)36-15-13-35(14-16-36)17-18-46-49(3,4)5)37(20-26)33(42)45-21-24-9-11-25(12-10-24)38(43)44/h9-12,22-23,26-29H,13-21H2,1-8H3,(H,34,39)/t22-,23-,26+,27+,28-,29-/m1/s1. The van der Waals surface area contributed by atoms with Crippen LogP contribution in [0.3, 0.4) is 0 Å². The van der Waals surface area contributed by atoms with Gasteiger partial charge in [0.05, 0.1) is 23.0 Å². The normalized spacial score (nSPS) is 24.3. The smallest absolute Gasteiger partial charge is 0.410 e. The molecule has 1 N–H and O–H groups in total. The fraction of sp³-hybridized carbons (Fsp3) is 0.697. The molecule has 0 aliphatic carbocycles. The Morgan fingerprint density at radius 1 is 1.02 bits per heavy atom. The van der Waals surface area contributed by atoms with Crippen molar-refractivity contribution in [3.8, 4) is 0 Å². The number of nitro benzene ring substituents is 1. The van der Waals surface area contributed by atoms with E-state index in [0.29, 0.717) is 38.3 Å². The van der Waals surface area contributed by atoms with E-state index in [0.717, 1.165) is 18.3 Å². The van der Waals surface area contributed by atoms with E-state index in [-0.39, 0.29) is 59.6 Å². The molecule has 0 bridgehead atoms. The molecular weight excluding hydrogens is 699 g/mol. The van der Waals surface area contributed by atoms with Crippen molar-refractivity contribution in [1.29, 1.82) is 0 Å². The summed E-state index contributed by atoms with van der Waals surface area (Å²) in [6, 6.07) is 4.56. The predicted octanol–water partition coefficient (Wildman–Crippen LogP) is 3.92. The number of carbonyl (C=O) groups excluding carboxylic acids is 4. The Morgan fingerprint density at radius 3 is 2.22 bits per heavy atom. The van der Waals surface area contributed by atoms with E-state index in [1.165, 1.54) is 29.2 Å². The highest BCUT2D eigenvalue weighted by Gasteiger charge is 2.50. The van der Waals surface area contributed by atoms with Gasteiger partial charge in [-0.25, -0.2) is 4.79 Å². The van der Waals surface area contributed by atoms with E-state index in [9.17, 15) is 29.3 Å². The van der Waals surface area contributed by atoms with Crippen LogP contribution in [0, 0.1) is 22.0 Å². The van der Waals surface area contributed by atoms with Gasteiger partial charge in [-0.3, -0.25) is 34.3 Å². The first-order valence-electron chi connectivity index (χ1n) is 17.3. The van der Waals surface area contributed by atoms with Crippen molar-refractivity contribution in [2.24, 2.45) is 11.8 Å². The van der Waals surface area contributed by atoms with Crippen molar-refractivity contribution in [3.63, 3.8) is 0 Å². The first kappa shape index (κ1) is 39.9. The van der Waals surface area contributed by atoms with E-state index >= 15 is 0 Å². The summed E-state index contributed by atoms with van der Waals surface area (Å²) in [4.78, 5) is 69.6. The molecule has 3 heterocycles. The maximum atomic E-state index is 14.0. The molecule has 3 fully saturated rings. The van der Waals surface area contributed by atoms with Crippen LogP contribution < -0.4 is 5.32 Å². The number of hydrogen-bond acceptors (Lipinski definition) is 11. The Hall–Kier alpha value is -2.84. The second-order valence-electron chi connectivity index (χ2n) is 15.4. The Morgan fingerprint density at radius 2 is 1.66 bits per heavy atom. The molecule has 3 saturated heterocycles. The van der Waals surface area contributed by atoms with Crippen molar-refractivity contribution in [2.45, 2.75) is 89.6 Å². The minimum atomic E-state index is -1.91. The average Bonchev–Trinajstić information content (AvgIpc) is 3.44. The van der Waals surface area contributed by atoms with Gasteiger partial charge in [0.1, 0.15) is 12.6 Å². The lowest BCUT2D eigenvalue weighted by Crippen LogP contribution is -2.66. The summed E-state index contributed by atoms with van der Waals surface area (Å²) in [7, 11) is -3.52. The predicted molar refractivity (Wildman–Crippen MR) is 196 cm³/mol. The fourth-order valence-electron chi connectivity index (χ4n) is 6.55. The molecule has 3 aliphatic heterocycles. The molecule has 1 aromatic rings. The van der Waals surface area contributed by atoms with E-state index in [2.05, 4.69) is 49.5 Å². The molecule has 3 aliphatic rings. The summed E-state index contributed by atoms with van der Waals surface area (Å²) in [5.41, 5.74) is 0.498. The summed E-state index contributed by atoms with van der Waals surface area (Å²) in [6.45, 7) is 20.2. The van der Waals surface area contributed by atoms with E-state index < -0.39 is 45.5 Å². The number of piperazine rings is 1. The van der Waals surface area contributed by atoms with Gasteiger partial charge in [0.15, 0.2) is 21.8 Å². The Labute approximate surface area is 301 Å². The third-order valence-corrected chi connectivity index (χ3v) is 12.6. The summed E-state index contributed by atoms with van der Waals surface area (Å²) in [5.74, 6) is -1.22. The lowest BCUT2D eigenvalue weighted by Gasteiger charge is -2.44. The Kier molecular flexibility index (Phi) is 13.3. The first-order chi connectivity index (χ1) is 23.3. The minimum Gasteiger partial charge on any atom is -0.445 e. The number of benzene rings is 1. The largest absolute Gasteiger partial charge is 0.445 e. The van der Waals surface area contributed by atoms with Gasteiger partial charge in [-0.2, -0.15) is 0 Å². The van der Waals surface area contributed by atoms with Crippen molar-refractivity contribution >= 4 is 57.1 Å². The van der Waals surface area contributed by atoms with Gasteiger partial charge in [-0.05, 0) is 70.3 Å². The highest BCUT2D eigenvalue weighted by atomic mass is 32.2. The van der Waals surface area contributed by atoms with Gasteiger partial charge in [0.2, 0.25) is 11.8 Å². The number of non-ortho nitro benzene ring substituents is 1. The lowest BCUT2D eigenvalue weighted by molar-refractivity contribution is -0.384. The first-order valence-corrected chi connectivity index (χ1v) is 25.0. The Bertz CT molecular complexity index is 1400. The molecule has 278 valence electrons. The van der Waals surface area contributed by atoms with Crippen LogP contribution in [0.2, 0.25) is 39.3 Å². The number of hydrogen-bond donors (Lipinski definition) is 1. The number of carbonyl (C=O) groups is 4. The van der Waals surface area contributed by atoms with E-state index in [1.807, 2.05) is 6.92 Å². The van der Waals surface area contributed by atoms with Crippen LogP contribution >= 0.6 is 11.8 Å². The molecule has 0 unspecified atom stereocenters. The minimum absolute atomic E-state index is 0.0708. The molecule has 50 heavy (non-hydrogen) atoms. The van der Waals surface area contributed by atoms with Crippen LogP contribution in [-0.2, 0) is 34.6 Å². The second kappa shape index (κ2) is 16.7. The molecule has 0 aromatic heterocycles. The maximum absolute atomic E-state index is 14.0. The molecule has 6 atom stereocenters. The van der Waals surface area contributed by atoms with Crippen LogP contribution in [0.4, 0.5) is 10.5 Å².